The van der Waals surface area contributed by atoms with Crippen LogP contribution in [0.4, 0.5) is 0 Å². The van der Waals surface area contributed by atoms with Crippen LogP contribution >= 0.6 is 0 Å². The molecule has 0 aliphatic rings. The zero-order valence-electron chi connectivity index (χ0n) is 32.0. The van der Waals surface area contributed by atoms with Crippen molar-refractivity contribution in [3.8, 4) is 0 Å². The van der Waals surface area contributed by atoms with Gasteiger partial charge in [0.05, 0.1) is 25.7 Å². The van der Waals surface area contributed by atoms with Crippen molar-refractivity contribution in [1.82, 2.24) is 0 Å². The van der Waals surface area contributed by atoms with Crippen molar-refractivity contribution in [2.45, 2.75) is 201 Å². The van der Waals surface area contributed by atoms with Crippen molar-refractivity contribution in [2.24, 2.45) is 5.92 Å². The van der Waals surface area contributed by atoms with E-state index in [1.54, 1.807) is 6.08 Å². The zero-order valence-corrected chi connectivity index (χ0v) is 32.0. The van der Waals surface area contributed by atoms with E-state index in [1.807, 2.05) is 0 Å². The first-order chi connectivity index (χ1) is 23.6. The van der Waals surface area contributed by atoms with Crippen LogP contribution in [0.15, 0.2) is 36.0 Å². The van der Waals surface area contributed by atoms with Crippen LogP contribution in [0.3, 0.4) is 0 Å². The van der Waals surface area contributed by atoms with Gasteiger partial charge in [-0.05, 0) is 64.2 Å². The molecule has 0 saturated carbocycles. The number of aliphatic hydroxyl groups is 1. The highest BCUT2D eigenvalue weighted by Crippen LogP contribution is 2.19. The third-order valence-electron chi connectivity index (χ3n) is 9.06. The molecular weight excluding hydrogens is 596 g/mol. The third kappa shape index (κ3) is 34.0. The average molecular weight is 675 g/mol. The fraction of sp³-hybridized carbons (Fsp3) is 0.814. The first kappa shape index (κ1) is 46.1. The smallest absolute Gasteiger partial charge is 0.330 e. The summed E-state index contributed by atoms with van der Waals surface area (Å²) in [5, 5.41) is 9.79. The summed E-state index contributed by atoms with van der Waals surface area (Å²) in [6.07, 6.45) is 43.3. The molecule has 0 aromatic rings. The summed E-state index contributed by atoms with van der Waals surface area (Å²) >= 11 is 0. The highest BCUT2D eigenvalue weighted by Gasteiger charge is 2.14. The Morgan fingerprint density at radius 2 is 0.938 bits per heavy atom. The molecule has 0 radical (unpaired) electrons. The van der Waals surface area contributed by atoms with E-state index in [9.17, 15) is 14.7 Å². The fourth-order valence-electron chi connectivity index (χ4n) is 5.81. The number of aliphatic hydroxyl groups excluding tert-OH is 1. The zero-order chi connectivity index (χ0) is 35.2. The standard InChI is InChI=1S/C43H78O5/c1-4-7-10-13-16-17-18-19-20-21-22-23-26-29-32-35-42(45)47-38-41(37-44)39-48-43(46)36-40(33-30-27-24-14-11-8-5-2)34-31-28-25-15-12-9-6-3/h16-17,19-20,36,41,44H,4-15,18,21-35,37-39H2,1-3H3/b17-16-,20-19-. The Morgan fingerprint density at radius 3 is 1.46 bits per heavy atom. The van der Waals surface area contributed by atoms with Gasteiger partial charge in [-0.15, -0.1) is 0 Å². The first-order valence-electron chi connectivity index (χ1n) is 20.5. The Hall–Kier alpha value is -1.88. The predicted octanol–water partition coefficient (Wildman–Crippen LogP) is 12.7. The Morgan fingerprint density at radius 1 is 0.521 bits per heavy atom. The molecule has 0 aromatic carbocycles. The first-order valence-corrected chi connectivity index (χ1v) is 20.5. The fourth-order valence-corrected chi connectivity index (χ4v) is 5.81. The van der Waals surface area contributed by atoms with Gasteiger partial charge in [-0.2, -0.15) is 0 Å². The van der Waals surface area contributed by atoms with E-state index in [4.69, 9.17) is 9.47 Å². The largest absolute Gasteiger partial charge is 0.465 e. The lowest BCUT2D eigenvalue weighted by Crippen LogP contribution is -2.23. The maximum Gasteiger partial charge on any atom is 0.330 e. The van der Waals surface area contributed by atoms with E-state index >= 15 is 0 Å². The van der Waals surface area contributed by atoms with Gasteiger partial charge in [0, 0.05) is 12.5 Å². The second-order valence-corrected chi connectivity index (χ2v) is 13.9. The maximum absolute atomic E-state index is 12.7. The molecule has 280 valence electrons. The lowest BCUT2D eigenvalue weighted by Gasteiger charge is -2.15. The molecule has 0 heterocycles. The van der Waals surface area contributed by atoms with Gasteiger partial charge in [0.25, 0.3) is 0 Å². The minimum Gasteiger partial charge on any atom is -0.465 e. The van der Waals surface area contributed by atoms with Crippen LogP contribution in [0.2, 0.25) is 0 Å². The maximum atomic E-state index is 12.7. The van der Waals surface area contributed by atoms with Gasteiger partial charge in [0.2, 0.25) is 0 Å². The van der Waals surface area contributed by atoms with Crippen molar-refractivity contribution in [2.75, 3.05) is 19.8 Å². The number of unbranched alkanes of at least 4 members (excludes halogenated alkanes) is 20. The molecule has 0 aromatic heterocycles. The second-order valence-electron chi connectivity index (χ2n) is 13.9. The Bertz CT molecular complexity index is 779. The minimum atomic E-state index is -0.398. The average Bonchev–Trinajstić information content (AvgIpc) is 3.09. The Balaban J connectivity index is 4.24. The van der Waals surface area contributed by atoms with Gasteiger partial charge >= 0.3 is 11.9 Å². The van der Waals surface area contributed by atoms with Crippen molar-refractivity contribution in [3.63, 3.8) is 0 Å². The van der Waals surface area contributed by atoms with E-state index < -0.39 is 5.92 Å². The van der Waals surface area contributed by atoms with Crippen LogP contribution in [-0.2, 0) is 19.1 Å². The number of carbonyl (C=O) groups excluding carboxylic acids is 2. The van der Waals surface area contributed by atoms with Crippen molar-refractivity contribution in [3.05, 3.63) is 36.0 Å². The SMILES string of the molecule is CCCCC/C=C\C/C=C\CCCCCCCC(=O)OCC(CO)COC(=O)C=C(CCCCCCCCC)CCCCCCCCC. The second kappa shape index (κ2) is 37.9. The van der Waals surface area contributed by atoms with Gasteiger partial charge in [0.15, 0.2) is 0 Å². The number of ether oxygens (including phenoxy) is 2. The summed E-state index contributed by atoms with van der Waals surface area (Å²) in [5.41, 5.74) is 1.19. The predicted molar refractivity (Wildman–Crippen MR) is 205 cm³/mol. The van der Waals surface area contributed by atoms with Crippen molar-refractivity contribution >= 4 is 11.9 Å². The molecule has 1 atom stereocenters. The number of hydrogen-bond acceptors (Lipinski definition) is 5. The molecule has 0 aliphatic heterocycles. The molecule has 0 spiro atoms. The number of carbonyl (C=O) groups is 2. The molecule has 0 amide bonds. The number of esters is 2. The van der Waals surface area contributed by atoms with Gasteiger partial charge < -0.3 is 14.6 Å². The molecule has 0 fully saturated rings. The van der Waals surface area contributed by atoms with Gasteiger partial charge in [0.1, 0.15) is 0 Å². The lowest BCUT2D eigenvalue weighted by atomic mass is 9.99. The molecule has 1 N–H and O–H groups in total. The van der Waals surface area contributed by atoms with E-state index in [0.29, 0.717) is 6.42 Å². The lowest BCUT2D eigenvalue weighted by molar-refractivity contribution is -0.147. The van der Waals surface area contributed by atoms with Crippen LogP contribution in [0.25, 0.3) is 0 Å². The molecule has 0 aliphatic carbocycles. The summed E-state index contributed by atoms with van der Waals surface area (Å²) in [6.45, 7) is 6.68. The minimum absolute atomic E-state index is 0.0605. The summed E-state index contributed by atoms with van der Waals surface area (Å²) in [5.74, 6) is -0.978. The topological polar surface area (TPSA) is 72.8 Å². The molecule has 0 bridgehead atoms. The van der Waals surface area contributed by atoms with Crippen LogP contribution in [0.1, 0.15) is 201 Å². The molecule has 48 heavy (non-hydrogen) atoms. The van der Waals surface area contributed by atoms with Gasteiger partial charge in [-0.3, -0.25) is 4.79 Å². The van der Waals surface area contributed by atoms with Crippen LogP contribution in [-0.4, -0.2) is 36.9 Å². The monoisotopic (exact) mass is 675 g/mol. The van der Waals surface area contributed by atoms with E-state index in [0.717, 1.165) is 57.8 Å². The molecular formula is C43H78O5. The molecule has 1 unspecified atom stereocenters. The van der Waals surface area contributed by atoms with Crippen molar-refractivity contribution in [1.29, 1.82) is 0 Å². The molecule has 5 nitrogen and oxygen atoms in total. The summed E-state index contributed by atoms with van der Waals surface area (Å²) in [7, 11) is 0. The van der Waals surface area contributed by atoms with Gasteiger partial charge in [-0.1, -0.05) is 160 Å². The summed E-state index contributed by atoms with van der Waals surface area (Å²) < 4.78 is 10.9. The van der Waals surface area contributed by atoms with E-state index in [2.05, 4.69) is 45.1 Å². The summed E-state index contributed by atoms with van der Waals surface area (Å²) in [6, 6.07) is 0. The van der Waals surface area contributed by atoms with Gasteiger partial charge in [-0.25, -0.2) is 4.79 Å². The Kier molecular flexibility index (Phi) is 36.4. The normalized spacial score (nSPS) is 12.2. The number of allylic oxidation sites excluding steroid dienone is 5. The highest BCUT2D eigenvalue weighted by molar-refractivity contribution is 5.82. The van der Waals surface area contributed by atoms with Crippen molar-refractivity contribution < 1.29 is 24.2 Å². The van der Waals surface area contributed by atoms with Crippen LogP contribution < -0.4 is 0 Å². The third-order valence-corrected chi connectivity index (χ3v) is 9.06. The molecule has 0 rings (SSSR count). The summed E-state index contributed by atoms with van der Waals surface area (Å²) in [4.78, 5) is 24.9. The van der Waals surface area contributed by atoms with Crippen LogP contribution in [0.5, 0.6) is 0 Å². The molecule has 5 heteroatoms. The number of hydrogen-bond donors (Lipinski definition) is 1. The Labute approximate surface area is 297 Å². The van der Waals surface area contributed by atoms with E-state index in [1.165, 1.54) is 121 Å². The number of rotatable bonds is 36. The van der Waals surface area contributed by atoms with Crippen LogP contribution in [0, 0.1) is 5.92 Å². The highest BCUT2D eigenvalue weighted by atomic mass is 16.5. The molecule has 0 saturated heterocycles. The van der Waals surface area contributed by atoms with E-state index in [-0.39, 0.29) is 31.8 Å². The quantitative estimate of drug-likeness (QED) is 0.0310.